The number of carboxylic acid groups (broad SMARTS) is 1. The van der Waals surface area contributed by atoms with Gasteiger partial charge in [0.2, 0.25) is 0 Å². The lowest BCUT2D eigenvalue weighted by molar-refractivity contribution is -0.123. The maximum atomic E-state index is 12.6. The molecule has 1 N–H and O–H groups in total. The molecule has 0 bridgehead atoms. The van der Waals surface area contributed by atoms with Crippen molar-refractivity contribution in [2.75, 3.05) is 26.9 Å². The number of carbonyl (C=O) groups is 3. The average molecular weight is 536 g/mol. The molecule has 33 heavy (non-hydrogen) atoms. The SMILES string of the molecule is CCOc1cc(/C=C2/SC(=O)N(CCOC)C2=O)cc(Br)c1OCc1cccc(C(=O)O)c1. The molecule has 1 saturated heterocycles. The van der Waals surface area contributed by atoms with Crippen molar-refractivity contribution in [3.05, 3.63) is 62.5 Å². The van der Waals surface area contributed by atoms with Crippen molar-refractivity contribution in [3.63, 3.8) is 0 Å². The number of methoxy groups -OCH3 is 1. The summed E-state index contributed by atoms with van der Waals surface area (Å²) in [4.78, 5) is 37.4. The number of thioether (sulfide) groups is 1. The topological polar surface area (TPSA) is 102 Å². The second-order valence-corrected chi connectivity index (χ2v) is 8.73. The van der Waals surface area contributed by atoms with E-state index in [0.717, 1.165) is 16.7 Å². The molecule has 0 unspecified atom stereocenters. The zero-order valence-electron chi connectivity index (χ0n) is 18.0. The van der Waals surface area contributed by atoms with E-state index in [9.17, 15) is 14.4 Å². The first-order valence-electron chi connectivity index (χ1n) is 9.99. The third-order valence-corrected chi connectivity index (χ3v) is 6.08. The molecule has 2 amide bonds. The number of amides is 2. The van der Waals surface area contributed by atoms with Gasteiger partial charge in [0, 0.05) is 7.11 Å². The second-order valence-electron chi connectivity index (χ2n) is 6.88. The summed E-state index contributed by atoms with van der Waals surface area (Å²) in [5.74, 6) is -0.479. The molecule has 2 aromatic rings. The van der Waals surface area contributed by atoms with E-state index in [0.29, 0.717) is 38.6 Å². The number of hydrogen-bond donors (Lipinski definition) is 1. The van der Waals surface area contributed by atoms with E-state index < -0.39 is 5.97 Å². The van der Waals surface area contributed by atoms with E-state index in [1.165, 1.54) is 13.2 Å². The number of aromatic carboxylic acids is 1. The predicted molar refractivity (Wildman–Crippen MR) is 128 cm³/mol. The molecule has 1 heterocycles. The van der Waals surface area contributed by atoms with Crippen molar-refractivity contribution in [1.29, 1.82) is 0 Å². The highest BCUT2D eigenvalue weighted by Crippen LogP contribution is 2.39. The Kier molecular flexibility index (Phi) is 8.54. The van der Waals surface area contributed by atoms with Crippen LogP contribution in [0.5, 0.6) is 11.5 Å². The molecular weight excluding hydrogens is 514 g/mol. The first-order chi connectivity index (χ1) is 15.8. The molecule has 8 nitrogen and oxygen atoms in total. The average Bonchev–Trinajstić information content (AvgIpc) is 3.04. The molecular formula is C23H22BrNO7S. The van der Waals surface area contributed by atoms with Gasteiger partial charge in [0.05, 0.1) is 34.7 Å². The minimum Gasteiger partial charge on any atom is -0.490 e. The van der Waals surface area contributed by atoms with Crippen LogP contribution in [0.2, 0.25) is 0 Å². The van der Waals surface area contributed by atoms with Gasteiger partial charge in [-0.2, -0.15) is 0 Å². The molecule has 2 aromatic carbocycles. The van der Waals surface area contributed by atoms with Gasteiger partial charge >= 0.3 is 5.97 Å². The summed E-state index contributed by atoms with van der Waals surface area (Å²) in [5, 5.41) is 8.83. The van der Waals surface area contributed by atoms with Gasteiger partial charge in [0.15, 0.2) is 11.5 Å². The lowest BCUT2D eigenvalue weighted by Crippen LogP contribution is -2.31. The van der Waals surface area contributed by atoms with Crippen LogP contribution in [-0.4, -0.2) is 54.0 Å². The number of ether oxygens (including phenoxy) is 3. The number of rotatable bonds is 10. The molecule has 0 atom stereocenters. The highest BCUT2D eigenvalue weighted by atomic mass is 79.9. The smallest absolute Gasteiger partial charge is 0.335 e. The molecule has 3 rings (SSSR count). The normalized spacial score (nSPS) is 14.8. The van der Waals surface area contributed by atoms with E-state index in [4.69, 9.17) is 19.3 Å². The molecule has 1 aliphatic rings. The van der Waals surface area contributed by atoms with Gasteiger partial charge in [0.25, 0.3) is 11.1 Å². The maximum Gasteiger partial charge on any atom is 0.335 e. The van der Waals surface area contributed by atoms with Crippen molar-refractivity contribution in [3.8, 4) is 11.5 Å². The van der Waals surface area contributed by atoms with Gasteiger partial charge in [0.1, 0.15) is 6.61 Å². The highest BCUT2D eigenvalue weighted by Gasteiger charge is 2.34. The first kappa shape index (κ1) is 24.8. The van der Waals surface area contributed by atoms with Crippen LogP contribution < -0.4 is 9.47 Å². The Morgan fingerprint density at radius 3 is 2.70 bits per heavy atom. The Morgan fingerprint density at radius 2 is 2.00 bits per heavy atom. The summed E-state index contributed by atoms with van der Waals surface area (Å²) in [6, 6.07) is 9.97. The van der Waals surface area contributed by atoms with Crippen LogP contribution >= 0.6 is 27.7 Å². The van der Waals surface area contributed by atoms with Gasteiger partial charge in [-0.1, -0.05) is 12.1 Å². The van der Waals surface area contributed by atoms with Gasteiger partial charge in [-0.15, -0.1) is 0 Å². The maximum absolute atomic E-state index is 12.6. The Labute approximate surface area is 203 Å². The van der Waals surface area contributed by atoms with Crippen LogP contribution in [0, 0.1) is 0 Å². The second kappa shape index (κ2) is 11.4. The lowest BCUT2D eigenvalue weighted by atomic mass is 10.1. The lowest BCUT2D eigenvalue weighted by Gasteiger charge is -2.15. The monoisotopic (exact) mass is 535 g/mol. The summed E-state index contributed by atoms with van der Waals surface area (Å²) >= 11 is 4.36. The number of halogens is 1. The molecule has 0 saturated carbocycles. The Morgan fingerprint density at radius 1 is 1.21 bits per heavy atom. The molecule has 0 radical (unpaired) electrons. The molecule has 1 aliphatic heterocycles. The first-order valence-corrected chi connectivity index (χ1v) is 11.6. The van der Waals surface area contributed by atoms with E-state index in [-0.39, 0.29) is 36.5 Å². The summed E-state index contributed by atoms with van der Waals surface area (Å²) in [6.07, 6.45) is 1.63. The van der Waals surface area contributed by atoms with Crippen molar-refractivity contribution < 1.29 is 33.7 Å². The van der Waals surface area contributed by atoms with Gasteiger partial charge in [-0.05, 0) is 76.1 Å². The van der Waals surface area contributed by atoms with Crippen LogP contribution in [0.15, 0.2) is 45.8 Å². The number of carboxylic acids is 1. The van der Waals surface area contributed by atoms with Crippen LogP contribution in [-0.2, 0) is 16.1 Å². The highest BCUT2D eigenvalue weighted by molar-refractivity contribution is 9.10. The number of carbonyl (C=O) groups excluding carboxylic acids is 2. The van der Waals surface area contributed by atoms with Crippen LogP contribution in [0.3, 0.4) is 0 Å². The van der Waals surface area contributed by atoms with E-state index in [1.54, 1.807) is 36.4 Å². The standard InChI is InChI=1S/C23H22BrNO7S/c1-3-31-18-11-15(12-19-21(26)25(7-8-30-2)23(29)33-19)10-17(24)20(18)32-13-14-5-4-6-16(9-14)22(27)28/h4-6,9-12H,3,7-8,13H2,1-2H3,(H,27,28)/b19-12+. The number of nitrogens with zero attached hydrogens (tertiary/aromatic N) is 1. The van der Waals surface area contributed by atoms with Gasteiger partial charge in [-0.3, -0.25) is 14.5 Å². The van der Waals surface area contributed by atoms with Gasteiger partial charge in [-0.25, -0.2) is 4.79 Å². The molecule has 1 fully saturated rings. The van der Waals surface area contributed by atoms with Crippen molar-refractivity contribution in [2.24, 2.45) is 0 Å². The van der Waals surface area contributed by atoms with Crippen LogP contribution in [0.1, 0.15) is 28.4 Å². The molecule has 10 heteroatoms. The summed E-state index contributed by atoms with van der Waals surface area (Å²) in [5.41, 5.74) is 1.52. The van der Waals surface area contributed by atoms with Crippen LogP contribution in [0.25, 0.3) is 6.08 Å². The van der Waals surface area contributed by atoms with Crippen molar-refractivity contribution in [1.82, 2.24) is 4.90 Å². The fourth-order valence-corrected chi connectivity index (χ4v) is 4.49. The summed E-state index contributed by atoms with van der Waals surface area (Å²) < 4.78 is 17.2. The molecule has 0 aromatic heterocycles. The minimum absolute atomic E-state index is 0.136. The zero-order chi connectivity index (χ0) is 24.0. The molecule has 0 aliphatic carbocycles. The Hall–Kier alpha value is -2.82. The summed E-state index contributed by atoms with van der Waals surface area (Å²) in [7, 11) is 1.51. The van der Waals surface area contributed by atoms with E-state index in [1.807, 2.05) is 6.92 Å². The van der Waals surface area contributed by atoms with Crippen LogP contribution in [0.4, 0.5) is 4.79 Å². The minimum atomic E-state index is -1.01. The number of benzene rings is 2. The third-order valence-electron chi connectivity index (χ3n) is 4.58. The van der Waals surface area contributed by atoms with E-state index >= 15 is 0 Å². The third kappa shape index (κ3) is 6.16. The fourth-order valence-electron chi connectivity index (χ4n) is 3.05. The quantitative estimate of drug-likeness (QED) is 0.432. The van der Waals surface area contributed by atoms with Crippen molar-refractivity contribution >= 4 is 50.9 Å². The predicted octanol–water partition coefficient (Wildman–Crippen LogP) is 4.81. The number of imide groups is 1. The van der Waals surface area contributed by atoms with Crippen molar-refractivity contribution in [2.45, 2.75) is 13.5 Å². The summed E-state index contributed by atoms with van der Waals surface area (Å²) in [6.45, 7) is 2.82. The molecule has 0 spiro atoms. The van der Waals surface area contributed by atoms with Gasteiger partial charge < -0.3 is 19.3 Å². The molecule has 174 valence electrons. The fraction of sp³-hybridized carbons (Fsp3) is 0.261. The van der Waals surface area contributed by atoms with E-state index in [2.05, 4.69) is 15.9 Å². The number of hydrogen-bond acceptors (Lipinski definition) is 7. The largest absolute Gasteiger partial charge is 0.490 e. The Balaban J connectivity index is 1.83. The Bertz CT molecular complexity index is 1100. The zero-order valence-corrected chi connectivity index (χ0v) is 20.4.